The Kier molecular flexibility index (Phi) is 5.18. The Balaban J connectivity index is 1.43. The Bertz CT molecular complexity index is 939. The molecule has 0 amide bonds. The van der Waals surface area contributed by atoms with Crippen molar-refractivity contribution in [3.8, 4) is 11.5 Å². The molecule has 0 saturated carbocycles. The van der Waals surface area contributed by atoms with Gasteiger partial charge in [-0.2, -0.15) is 4.98 Å². The van der Waals surface area contributed by atoms with Crippen molar-refractivity contribution < 1.29 is 13.7 Å². The topological polar surface area (TPSA) is 103 Å². The van der Waals surface area contributed by atoms with Gasteiger partial charge in [0.25, 0.3) is 5.89 Å². The normalized spacial score (nSPS) is 17.5. The summed E-state index contributed by atoms with van der Waals surface area (Å²) in [5.41, 5.74) is -0.0707. The smallest absolute Gasteiger partial charge is 0.259 e. The van der Waals surface area contributed by atoms with Gasteiger partial charge in [0.15, 0.2) is 0 Å². The van der Waals surface area contributed by atoms with Crippen LogP contribution in [-0.2, 0) is 22.3 Å². The predicted octanol–water partition coefficient (Wildman–Crippen LogP) is 2.95. The quantitative estimate of drug-likeness (QED) is 0.641. The number of nitrogens with zero attached hydrogens (tertiary/aromatic N) is 6. The van der Waals surface area contributed by atoms with Gasteiger partial charge in [0.2, 0.25) is 11.7 Å². The van der Waals surface area contributed by atoms with Crippen molar-refractivity contribution in [2.45, 2.75) is 51.2 Å². The van der Waals surface area contributed by atoms with E-state index in [4.69, 9.17) is 13.7 Å². The van der Waals surface area contributed by atoms with E-state index in [1.54, 1.807) is 25.7 Å². The number of aromatic nitrogens is 5. The van der Waals surface area contributed by atoms with E-state index in [-0.39, 0.29) is 5.41 Å². The minimum Gasteiger partial charge on any atom is -0.444 e. The molecule has 0 unspecified atom stereocenters. The van der Waals surface area contributed by atoms with Crippen molar-refractivity contribution in [1.82, 2.24) is 30.0 Å². The van der Waals surface area contributed by atoms with Crippen molar-refractivity contribution in [2.24, 2.45) is 0 Å². The number of methoxy groups -OCH3 is 1. The number of hydrogen-bond acceptors (Lipinski definition) is 9. The van der Waals surface area contributed by atoms with Crippen LogP contribution in [0.5, 0.6) is 0 Å². The SMILES string of the molecule is COC1(c2nc(-c3cnccn3)no2)CCN(Cc2ncc(C(C)(C)C)o2)CC1. The van der Waals surface area contributed by atoms with E-state index < -0.39 is 5.60 Å². The van der Waals surface area contributed by atoms with Crippen LogP contribution in [0.1, 0.15) is 51.2 Å². The van der Waals surface area contributed by atoms with E-state index in [1.807, 2.05) is 6.20 Å². The van der Waals surface area contributed by atoms with E-state index in [2.05, 4.69) is 50.8 Å². The molecule has 3 aromatic heterocycles. The van der Waals surface area contributed by atoms with Crippen LogP contribution >= 0.6 is 0 Å². The van der Waals surface area contributed by atoms with Crippen LogP contribution in [0, 0.1) is 0 Å². The molecule has 9 heteroatoms. The Morgan fingerprint density at radius 3 is 2.55 bits per heavy atom. The van der Waals surface area contributed by atoms with Crippen LogP contribution in [0.15, 0.2) is 33.7 Å². The van der Waals surface area contributed by atoms with Crippen molar-refractivity contribution in [3.63, 3.8) is 0 Å². The number of rotatable bonds is 5. The lowest BCUT2D eigenvalue weighted by Crippen LogP contribution is -2.43. The zero-order chi connectivity index (χ0) is 20.5. The molecule has 3 aromatic rings. The van der Waals surface area contributed by atoms with E-state index in [1.165, 1.54) is 0 Å². The molecule has 0 aromatic carbocycles. The summed E-state index contributed by atoms with van der Waals surface area (Å²) in [6, 6.07) is 0. The van der Waals surface area contributed by atoms with Gasteiger partial charge >= 0.3 is 0 Å². The van der Waals surface area contributed by atoms with Gasteiger partial charge in [-0.3, -0.25) is 9.88 Å². The minimum atomic E-state index is -0.600. The van der Waals surface area contributed by atoms with Crippen LogP contribution in [-0.4, -0.2) is 50.2 Å². The third-order valence-corrected chi connectivity index (χ3v) is 5.31. The van der Waals surface area contributed by atoms with Crippen LogP contribution in [0.4, 0.5) is 0 Å². The van der Waals surface area contributed by atoms with Crippen LogP contribution in [0.2, 0.25) is 0 Å². The van der Waals surface area contributed by atoms with Crippen molar-refractivity contribution in [3.05, 3.63) is 42.3 Å². The predicted molar refractivity (Wildman–Crippen MR) is 104 cm³/mol. The molecule has 0 radical (unpaired) electrons. The lowest BCUT2D eigenvalue weighted by Gasteiger charge is -2.37. The van der Waals surface area contributed by atoms with E-state index in [0.29, 0.717) is 24.0 Å². The molecule has 0 spiro atoms. The fourth-order valence-electron chi connectivity index (χ4n) is 3.43. The molecule has 0 atom stereocenters. The maximum absolute atomic E-state index is 5.93. The first kappa shape index (κ1) is 19.7. The lowest BCUT2D eigenvalue weighted by atomic mass is 9.91. The van der Waals surface area contributed by atoms with E-state index in [0.717, 1.165) is 37.6 Å². The molecule has 1 aliphatic rings. The highest BCUT2D eigenvalue weighted by molar-refractivity contribution is 5.45. The number of ether oxygens (including phenoxy) is 1. The van der Waals surface area contributed by atoms with Gasteiger partial charge in [0.1, 0.15) is 17.1 Å². The third kappa shape index (κ3) is 4.06. The fourth-order valence-corrected chi connectivity index (χ4v) is 3.43. The summed E-state index contributed by atoms with van der Waals surface area (Å²) in [5.74, 6) is 2.54. The second kappa shape index (κ2) is 7.64. The van der Waals surface area contributed by atoms with Gasteiger partial charge in [-0.25, -0.2) is 9.97 Å². The maximum Gasteiger partial charge on any atom is 0.259 e. The van der Waals surface area contributed by atoms with Crippen LogP contribution in [0.25, 0.3) is 11.5 Å². The van der Waals surface area contributed by atoms with Crippen molar-refractivity contribution in [1.29, 1.82) is 0 Å². The summed E-state index contributed by atoms with van der Waals surface area (Å²) in [6.07, 6.45) is 8.11. The molecule has 154 valence electrons. The van der Waals surface area contributed by atoms with Gasteiger partial charge in [-0.1, -0.05) is 25.9 Å². The minimum absolute atomic E-state index is 0.0445. The molecule has 29 heavy (non-hydrogen) atoms. The number of oxazole rings is 1. The summed E-state index contributed by atoms with van der Waals surface area (Å²) in [6.45, 7) is 8.64. The monoisotopic (exact) mass is 398 g/mol. The molecular formula is C20H26N6O3. The highest BCUT2D eigenvalue weighted by atomic mass is 16.5. The molecule has 0 N–H and O–H groups in total. The molecule has 1 aliphatic heterocycles. The average molecular weight is 398 g/mol. The lowest BCUT2D eigenvalue weighted by molar-refractivity contribution is -0.0846. The highest BCUT2D eigenvalue weighted by Gasteiger charge is 2.42. The maximum atomic E-state index is 5.93. The van der Waals surface area contributed by atoms with Crippen molar-refractivity contribution >= 4 is 0 Å². The number of likely N-dealkylation sites (tertiary alicyclic amines) is 1. The standard InChI is InChI=1S/C20H26N6O3/c1-19(2,3)15-12-23-16(28-15)13-26-9-5-20(27-4,6-10-26)18-24-17(25-29-18)14-11-21-7-8-22-14/h7-8,11-12H,5-6,9-10,13H2,1-4H3. The average Bonchev–Trinajstić information content (AvgIpc) is 3.39. The molecular weight excluding hydrogens is 372 g/mol. The number of hydrogen-bond donors (Lipinski definition) is 0. The largest absolute Gasteiger partial charge is 0.444 e. The van der Waals surface area contributed by atoms with E-state index >= 15 is 0 Å². The van der Waals surface area contributed by atoms with Crippen molar-refractivity contribution in [2.75, 3.05) is 20.2 Å². The summed E-state index contributed by atoms with van der Waals surface area (Å²) < 4.78 is 17.3. The molecule has 0 aliphatic carbocycles. The molecule has 9 nitrogen and oxygen atoms in total. The van der Waals surface area contributed by atoms with Gasteiger partial charge in [-0.15, -0.1) is 0 Å². The summed E-state index contributed by atoms with van der Waals surface area (Å²) in [5, 5.41) is 4.06. The van der Waals surface area contributed by atoms with E-state index in [9.17, 15) is 0 Å². The number of piperidine rings is 1. The Morgan fingerprint density at radius 2 is 1.93 bits per heavy atom. The Morgan fingerprint density at radius 1 is 1.14 bits per heavy atom. The first-order chi connectivity index (χ1) is 13.9. The fraction of sp³-hybridized carbons (Fsp3) is 0.550. The van der Waals surface area contributed by atoms with Gasteiger partial charge in [-0.05, 0) is 12.8 Å². The first-order valence-corrected chi connectivity index (χ1v) is 9.73. The molecule has 0 bridgehead atoms. The summed E-state index contributed by atoms with van der Waals surface area (Å²) >= 11 is 0. The molecule has 4 heterocycles. The highest BCUT2D eigenvalue weighted by Crippen LogP contribution is 2.36. The van der Waals surface area contributed by atoms with Gasteiger partial charge in [0, 0.05) is 38.0 Å². The Labute approximate surface area is 169 Å². The third-order valence-electron chi connectivity index (χ3n) is 5.31. The summed E-state index contributed by atoms with van der Waals surface area (Å²) in [4.78, 5) is 19.5. The van der Waals surface area contributed by atoms with Gasteiger partial charge in [0.05, 0.1) is 18.9 Å². The zero-order valence-electron chi connectivity index (χ0n) is 17.3. The van der Waals surface area contributed by atoms with Gasteiger partial charge < -0.3 is 13.7 Å². The second-order valence-electron chi connectivity index (χ2n) is 8.36. The molecule has 1 saturated heterocycles. The molecule has 4 rings (SSSR count). The zero-order valence-corrected chi connectivity index (χ0v) is 17.3. The van der Waals surface area contributed by atoms with Crippen LogP contribution in [0.3, 0.4) is 0 Å². The van der Waals surface area contributed by atoms with Crippen LogP contribution < -0.4 is 0 Å². The Hall–Kier alpha value is -2.65. The summed E-state index contributed by atoms with van der Waals surface area (Å²) in [7, 11) is 1.69. The first-order valence-electron chi connectivity index (χ1n) is 9.73. The second-order valence-corrected chi connectivity index (χ2v) is 8.36. The molecule has 1 fully saturated rings.